The molecule has 2 aromatic rings. The summed E-state index contributed by atoms with van der Waals surface area (Å²) in [7, 11) is 0. The molecule has 0 spiro atoms. The number of amides is 1. The van der Waals surface area contributed by atoms with Gasteiger partial charge in [0.25, 0.3) is 11.6 Å². The molecule has 2 rings (SSSR count). The van der Waals surface area contributed by atoms with Crippen LogP contribution in [0.15, 0.2) is 30.3 Å². The number of hydrogen-bond donors (Lipinski definition) is 1. The molecule has 6 nitrogen and oxygen atoms in total. The van der Waals surface area contributed by atoms with E-state index >= 15 is 0 Å². The fourth-order valence-electron chi connectivity index (χ4n) is 1.71. The summed E-state index contributed by atoms with van der Waals surface area (Å²) < 4.78 is 26.0. The number of nitrogens with one attached hydrogen (secondary N) is 1. The summed E-state index contributed by atoms with van der Waals surface area (Å²) in [5, 5.41) is 12.8. The SMILES string of the molecule is Cc1cc([N+](=O)[O-])ccc1C(=O)Nc1ccc(F)nc1F. The molecule has 0 bridgehead atoms. The molecule has 0 fully saturated rings. The monoisotopic (exact) mass is 293 g/mol. The number of carbonyl (C=O) groups excluding carboxylic acids is 1. The Morgan fingerprint density at radius 1 is 1.29 bits per heavy atom. The maximum atomic E-state index is 13.3. The number of non-ortho nitro benzene ring substituents is 1. The Morgan fingerprint density at radius 2 is 2.00 bits per heavy atom. The minimum Gasteiger partial charge on any atom is -0.318 e. The maximum Gasteiger partial charge on any atom is 0.269 e. The first-order valence-electron chi connectivity index (χ1n) is 5.77. The Balaban J connectivity index is 2.26. The zero-order chi connectivity index (χ0) is 15.6. The number of nitrogens with zero attached hydrogens (tertiary/aromatic N) is 2. The molecule has 0 saturated carbocycles. The molecule has 1 heterocycles. The van der Waals surface area contributed by atoms with Gasteiger partial charge in [0.05, 0.1) is 10.6 Å². The van der Waals surface area contributed by atoms with Crippen molar-refractivity contribution in [1.29, 1.82) is 0 Å². The lowest BCUT2D eigenvalue weighted by Gasteiger charge is -2.08. The fraction of sp³-hybridized carbons (Fsp3) is 0.0769. The highest BCUT2D eigenvalue weighted by atomic mass is 19.1. The number of hydrogen-bond acceptors (Lipinski definition) is 4. The first-order chi connectivity index (χ1) is 9.88. The van der Waals surface area contributed by atoms with Crippen LogP contribution in [0.4, 0.5) is 20.2 Å². The highest BCUT2D eigenvalue weighted by Crippen LogP contribution is 2.19. The predicted molar refractivity (Wildman–Crippen MR) is 69.9 cm³/mol. The molecular formula is C13H9F2N3O3. The van der Waals surface area contributed by atoms with E-state index < -0.39 is 22.7 Å². The Kier molecular flexibility index (Phi) is 3.88. The third-order valence-electron chi connectivity index (χ3n) is 2.73. The molecule has 21 heavy (non-hydrogen) atoms. The van der Waals surface area contributed by atoms with E-state index in [1.54, 1.807) is 0 Å². The van der Waals surface area contributed by atoms with Gasteiger partial charge in [0, 0.05) is 17.7 Å². The average molecular weight is 293 g/mol. The highest BCUT2D eigenvalue weighted by Gasteiger charge is 2.15. The number of nitro groups is 1. The molecule has 1 aromatic carbocycles. The molecule has 0 aliphatic heterocycles. The fourth-order valence-corrected chi connectivity index (χ4v) is 1.71. The molecule has 1 aromatic heterocycles. The van der Waals surface area contributed by atoms with Gasteiger partial charge in [-0.25, -0.2) is 0 Å². The van der Waals surface area contributed by atoms with Gasteiger partial charge in [0.15, 0.2) is 0 Å². The van der Waals surface area contributed by atoms with Crippen LogP contribution in [0.1, 0.15) is 15.9 Å². The summed E-state index contributed by atoms with van der Waals surface area (Å²) in [5.41, 5.74) is 0.0688. The van der Waals surface area contributed by atoms with E-state index in [1.807, 2.05) is 0 Å². The molecule has 0 radical (unpaired) electrons. The van der Waals surface area contributed by atoms with Gasteiger partial charge >= 0.3 is 0 Å². The van der Waals surface area contributed by atoms with Gasteiger partial charge in [-0.05, 0) is 30.7 Å². The van der Waals surface area contributed by atoms with Gasteiger partial charge in [-0.15, -0.1) is 0 Å². The van der Waals surface area contributed by atoms with Crippen LogP contribution in [0.2, 0.25) is 0 Å². The smallest absolute Gasteiger partial charge is 0.269 e. The number of aryl methyl sites for hydroxylation is 1. The number of benzene rings is 1. The standard InChI is InChI=1S/C13H9F2N3O3/c1-7-6-8(18(20)21)2-3-9(7)13(19)16-10-4-5-11(14)17-12(10)15/h2-6H,1H3,(H,16,19). The average Bonchev–Trinajstić information content (AvgIpc) is 2.41. The quantitative estimate of drug-likeness (QED) is 0.535. The van der Waals surface area contributed by atoms with Crippen molar-refractivity contribution in [3.8, 4) is 0 Å². The summed E-state index contributed by atoms with van der Waals surface area (Å²) in [6, 6.07) is 5.60. The van der Waals surface area contributed by atoms with Crippen molar-refractivity contribution in [1.82, 2.24) is 4.98 Å². The van der Waals surface area contributed by atoms with Crippen LogP contribution in [0.3, 0.4) is 0 Å². The van der Waals surface area contributed by atoms with Gasteiger partial charge in [-0.2, -0.15) is 13.8 Å². The lowest BCUT2D eigenvalue weighted by Crippen LogP contribution is -2.15. The van der Waals surface area contributed by atoms with E-state index in [2.05, 4.69) is 10.3 Å². The summed E-state index contributed by atoms with van der Waals surface area (Å²) in [6.45, 7) is 1.52. The van der Waals surface area contributed by atoms with Crippen LogP contribution in [0, 0.1) is 28.9 Å². The van der Waals surface area contributed by atoms with Crippen LogP contribution in [-0.2, 0) is 0 Å². The Labute approximate surface area is 117 Å². The van der Waals surface area contributed by atoms with Crippen molar-refractivity contribution in [3.05, 3.63) is 63.5 Å². The third-order valence-corrected chi connectivity index (χ3v) is 2.73. The maximum absolute atomic E-state index is 13.3. The Morgan fingerprint density at radius 3 is 2.57 bits per heavy atom. The second-order valence-electron chi connectivity index (χ2n) is 4.18. The molecule has 0 atom stereocenters. The zero-order valence-corrected chi connectivity index (χ0v) is 10.8. The molecule has 0 saturated heterocycles. The van der Waals surface area contributed by atoms with Crippen molar-refractivity contribution in [2.75, 3.05) is 5.32 Å². The number of anilines is 1. The summed E-state index contributed by atoms with van der Waals surface area (Å²) >= 11 is 0. The predicted octanol–water partition coefficient (Wildman–Crippen LogP) is 2.83. The van der Waals surface area contributed by atoms with Crippen molar-refractivity contribution in [3.63, 3.8) is 0 Å². The molecule has 0 aliphatic rings. The number of aromatic nitrogens is 1. The second kappa shape index (κ2) is 5.61. The molecule has 8 heteroatoms. The van der Waals surface area contributed by atoms with E-state index in [-0.39, 0.29) is 16.9 Å². The van der Waals surface area contributed by atoms with Crippen molar-refractivity contribution < 1.29 is 18.5 Å². The largest absolute Gasteiger partial charge is 0.318 e. The van der Waals surface area contributed by atoms with Crippen LogP contribution < -0.4 is 5.32 Å². The van der Waals surface area contributed by atoms with E-state index in [9.17, 15) is 23.7 Å². The molecule has 1 N–H and O–H groups in total. The summed E-state index contributed by atoms with van der Waals surface area (Å²) in [6.07, 6.45) is 0. The number of nitro benzene ring substituents is 1. The number of rotatable bonds is 3. The Hall–Kier alpha value is -2.90. The van der Waals surface area contributed by atoms with E-state index in [0.717, 1.165) is 12.1 Å². The number of carbonyl (C=O) groups is 1. The number of pyridine rings is 1. The first-order valence-corrected chi connectivity index (χ1v) is 5.77. The minimum atomic E-state index is -1.15. The second-order valence-corrected chi connectivity index (χ2v) is 4.18. The molecule has 1 amide bonds. The lowest BCUT2D eigenvalue weighted by atomic mass is 10.1. The first kappa shape index (κ1) is 14.5. The van der Waals surface area contributed by atoms with Gasteiger partial charge < -0.3 is 5.32 Å². The molecule has 0 aliphatic carbocycles. The van der Waals surface area contributed by atoms with Crippen LogP contribution >= 0.6 is 0 Å². The van der Waals surface area contributed by atoms with Gasteiger partial charge in [0.1, 0.15) is 0 Å². The Bertz CT molecular complexity index is 735. The van der Waals surface area contributed by atoms with Gasteiger partial charge in [-0.3, -0.25) is 14.9 Å². The third kappa shape index (κ3) is 3.16. The molecular weight excluding hydrogens is 284 g/mol. The normalized spacial score (nSPS) is 10.2. The minimum absolute atomic E-state index is 0.143. The molecule has 108 valence electrons. The highest BCUT2D eigenvalue weighted by molar-refractivity contribution is 6.05. The molecule has 0 unspecified atom stereocenters. The summed E-state index contributed by atoms with van der Waals surface area (Å²) in [4.78, 5) is 25.0. The van der Waals surface area contributed by atoms with Crippen LogP contribution in [0.25, 0.3) is 0 Å². The van der Waals surface area contributed by atoms with Crippen molar-refractivity contribution in [2.45, 2.75) is 6.92 Å². The van der Waals surface area contributed by atoms with Crippen LogP contribution in [0.5, 0.6) is 0 Å². The van der Waals surface area contributed by atoms with Gasteiger partial charge in [0.2, 0.25) is 11.9 Å². The lowest BCUT2D eigenvalue weighted by molar-refractivity contribution is -0.384. The van der Waals surface area contributed by atoms with E-state index in [4.69, 9.17) is 0 Å². The topological polar surface area (TPSA) is 85.1 Å². The van der Waals surface area contributed by atoms with Crippen LogP contribution in [-0.4, -0.2) is 15.8 Å². The van der Waals surface area contributed by atoms with E-state index in [0.29, 0.717) is 5.56 Å². The van der Waals surface area contributed by atoms with Gasteiger partial charge in [-0.1, -0.05) is 0 Å². The van der Waals surface area contributed by atoms with Crippen molar-refractivity contribution in [2.24, 2.45) is 0 Å². The van der Waals surface area contributed by atoms with Crippen molar-refractivity contribution >= 4 is 17.3 Å². The zero-order valence-electron chi connectivity index (χ0n) is 10.8. The van der Waals surface area contributed by atoms with E-state index in [1.165, 1.54) is 25.1 Å². The summed E-state index contributed by atoms with van der Waals surface area (Å²) in [5.74, 6) is -2.82. The number of halogens is 2.